The maximum atomic E-state index is 12.3. The molecule has 4 nitrogen and oxygen atoms in total. The Morgan fingerprint density at radius 3 is 2.41 bits per heavy atom. The predicted molar refractivity (Wildman–Crippen MR) is 83.0 cm³/mol. The molecule has 0 radical (unpaired) electrons. The Balaban J connectivity index is 1.23. The van der Waals surface area contributed by atoms with E-state index in [4.69, 9.17) is 0 Å². The summed E-state index contributed by atoms with van der Waals surface area (Å²) >= 11 is 0. The van der Waals surface area contributed by atoms with E-state index in [9.17, 15) is 15.0 Å². The van der Waals surface area contributed by atoms with Crippen LogP contribution in [0.1, 0.15) is 57.8 Å². The van der Waals surface area contributed by atoms with Crippen molar-refractivity contribution in [3.8, 4) is 0 Å². The highest BCUT2D eigenvalue weighted by atomic mass is 16.3. The van der Waals surface area contributed by atoms with Crippen molar-refractivity contribution in [3.05, 3.63) is 0 Å². The first-order valence-corrected chi connectivity index (χ1v) is 9.22. The second-order valence-electron chi connectivity index (χ2n) is 8.55. The number of fused-ring (bicyclic) bond motifs is 2. The molecule has 3 N–H and O–H groups in total. The number of aliphatic hydroxyl groups is 2. The van der Waals surface area contributed by atoms with Crippen LogP contribution in [0, 0.1) is 29.1 Å². The smallest absolute Gasteiger partial charge is 0.223 e. The molecule has 4 saturated carbocycles. The lowest BCUT2D eigenvalue weighted by Crippen LogP contribution is -2.48. The molecule has 0 unspecified atom stereocenters. The molecular formula is C18H29NO3. The van der Waals surface area contributed by atoms with Crippen molar-refractivity contribution in [2.24, 2.45) is 29.1 Å². The van der Waals surface area contributed by atoms with Crippen molar-refractivity contribution >= 4 is 5.91 Å². The minimum Gasteiger partial charge on any atom is -0.390 e. The fourth-order valence-corrected chi connectivity index (χ4v) is 5.92. The van der Waals surface area contributed by atoms with E-state index < -0.39 is 12.2 Å². The van der Waals surface area contributed by atoms with Gasteiger partial charge in [0.05, 0.1) is 12.2 Å². The van der Waals surface area contributed by atoms with Gasteiger partial charge in [0.25, 0.3) is 0 Å². The van der Waals surface area contributed by atoms with E-state index in [0.29, 0.717) is 17.9 Å². The van der Waals surface area contributed by atoms with E-state index in [0.717, 1.165) is 25.7 Å². The molecule has 1 amide bonds. The zero-order valence-electron chi connectivity index (χ0n) is 13.3. The Morgan fingerprint density at radius 1 is 1.05 bits per heavy atom. The predicted octanol–water partition coefficient (Wildman–Crippen LogP) is 1.84. The quantitative estimate of drug-likeness (QED) is 0.745. The third-order valence-corrected chi connectivity index (χ3v) is 7.24. The molecule has 2 bridgehead atoms. The largest absolute Gasteiger partial charge is 0.390 e. The van der Waals surface area contributed by atoms with Gasteiger partial charge in [-0.15, -0.1) is 0 Å². The highest BCUT2D eigenvalue weighted by molar-refractivity contribution is 5.79. The SMILES string of the molecule is O=C(NC[C@H]1C[C@@H]2C[C@H]1[C@@H](O)[C@H]2O)C1CC2(CCCCC2)C1. The minimum atomic E-state index is -0.574. The number of carbonyl (C=O) groups is 1. The lowest BCUT2D eigenvalue weighted by molar-refractivity contribution is -0.134. The molecule has 0 aromatic rings. The second-order valence-corrected chi connectivity index (χ2v) is 8.55. The summed E-state index contributed by atoms with van der Waals surface area (Å²) in [4.78, 5) is 12.3. The van der Waals surface area contributed by atoms with Crippen LogP contribution < -0.4 is 5.32 Å². The van der Waals surface area contributed by atoms with Gasteiger partial charge >= 0.3 is 0 Å². The van der Waals surface area contributed by atoms with Gasteiger partial charge in [-0.25, -0.2) is 0 Å². The summed E-state index contributed by atoms with van der Waals surface area (Å²) in [5, 5.41) is 23.0. The van der Waals surface area contributed by atoms with E-state index in [1.54, 1.807) is 0 Å². The maximum Gasteiger partial charge on any atom is 0.223 e. The molecule has 22 heavy (non-hydrogen) atoms. The van der Waals surface area contributed by atoms with Crippen LogP contribution in [0.2, 0.25) is 0 Å². The van der Waals surface area contributed by atoms with Crippen LogP contribution >= 0.6 is 0 Å². The van der Waals surface area contributed by atoms with E-state index in [1.807, 2.05) is 0 Å². The van der Waals surface area contributed by atoms with Crippen molar-refractivity contribution in [1.29, 1.82) is 0 Å². The van der Waals surface area contributed by atoms with Crippen molar-refractivity contribution in [1.82, 2.24) is 5.32 Å². The van der Waals surface area contributed by atoms with Crippen LogP contribution in [-0.2, 0) is 4.79 Å². The zero-order valence-corrected chi connectivity index (χ0v) is 13.3. The van der Waals surface area contributed by atoms with E-state index >= 15 is 0 Å². The molecule has 4 fully saturated rings. The Labute approximate surface area is 132 Å². The first-order chi connectivity index (χ1) is 10.6. The number of nitrogens with one attached hydrogen (secondary N) is 1. The molecule has 5 atom stereocenters. The summed E-state index contributed by atoms with van der Waals surface area (Å²) in [6.07, 6.45) is 9.68. The molecule has 4 aliphatic carbocycles. The first kappa shape index (κ1) is 14.9. The van der Waals surface area contributed by atoms with Gasteiger partial charge in [0.1, 0.15) is 0 Å². The van der Waals surface area contributed by atoms with E-state index in [2.05, 4.69) is 5.32 Å². The molecular weight excluding hydrogens is 278 g/mol. The Bertz CT molecular complexity index is 436. The molecule has 0 saturated heterocycles. The number of hydrogen-bond acceptors (Lipinski definition) is 3. The number of hydrogen-bond donors (Lipinski definition) is 3. The lowest BCUT2D eigenvalue weighted by atomic mass is 9.55. The van der Waals surface area contributed by atoms with Gasteiger partial charge in [-0.05, 0) is 61.7 Å². The van der Waals surface area contributed by atoms with Crippen LogP contribution in [0.25, 0.3) is 0 Å². The van der Waals surface area contributed by atoms with Gasteiger partial charge in [0.15, 0.2) is 0 Å². The molecule has 0 aromatic heterocycles. The van der Waals surface area contributed by atoms with Crippen molar-refractivity contribution in [3.63, 3.8) is 0 Å². The highest BCUT2D eigenvalue weighted by Gasteiger charge is 2.52. The fraction of sp³-hybridized carbons (Fsp3) is 0.944. The number of aliphatic hydroxyl groups excluding tert-OH is 2. The lowest BCUT2D eigenvalue weighted by Gasteiger charge is -2.49. The van der Waals surface area contributed by atoms with Gasteiger partial charge in [0.2, 0.25) is 5.91 Å². The summed E-state index contributed by atoms with van der Waals surface area (Å²) in [5.74, 6) is 1.25. The first-order valence-electron chi connectivity index (χ1n) is 9.22. The Morgan fingerprint density at radius 2 is 1.77 bits per heavy atom. The fourth-order valence-electron chi connectivity index (χ4n) is 5.92. The van der Waals surface area contributed by atoms with Crippen LogP contribution in [0.5, 0.6) is 0 Å². The van der Waals surface area contributed by atoms with Crippen molar-refractivity contribution < 1.29 is 15.0 Å². The maximum absolute atomic E-state index is 12.3. The number of carbonyl (C=O) groups excluding carboxylic acids is 1. The van der Waals surface area contributed by atoms with Gasteiger partial charge in [0, 0.05) is 12.5 Å². The average Bonchev–Trinajstić information content (AvgIpc) is 3.03. The molecule has 0 aliphatic heterocycles. The molecule has 124 valence electrons. The average molecular weight is 307 g/mol. The van der Waals surface area contributed by atoms with Crippen LogP contribution in [-0.4, -0.2) is 34.9 Å². The summed E-state index contributed by atoms with van der Waals surface area (Å²) in [5.41, 5.74) is 0.507. The topological polar surface area (TPSA) is 69.6 Å². The number of amides is 1. The van der Waals surface area contributed by atoms with Crippen LogP contribution in [0.3, 0.4) is 0 Å². The van der Waals surface area contributed by atoms with Crippen molar-refractivity contribution in [2.75, 3.05) is 6.54 Å². The summed E-state index contributed by atoms with van der Waals surface area (Å²) in [6.45, 7) is 0.688. The van der Waals surface area contributed by atoms with E-state index in [-0.39, 0.29) is 23.7 Å². The molecule has 4 aliphatic rings. The van der Waals surface area contributed by atoms with E-state index in [1.165, 1.54) is 32.1 Å². The second kappa shape index (κ2) is 5.48. The Hall–Kier alpha value is -0.610. The molecule has 0 aromatic carbocycles. The summed E-state index contributed by atoms with van der Waals surface area (Å²) < 4.78 is 0. The standard InChI is InChI=1S/C18H29NO3/c20-15-11-6-12(14(7-11)16(15)21)10-19-17(22)13-8-18(9-13)4-2-1-3-5-18/h11-16,20-21H,1-10H2,(H,19,22)/t11-,12-,14-,15+,16-/m1/s1. The molecule has 4 rings (SSSR count). The zero-order chi connectivity index (χ0) is 15.3. The summed E-state index contributed by atoms with van der Waals surface area (Å²) in [6, 6.07) is 0. The third-order valence-electron chi connectivity index (χ3n) is 7.24. The van der Waals surface area contributed by atoms with Crippen molar-refractivity contribution in [2.45, 2.75) is 70.0 Å². The van der Waals surface area contributed by atoms with Gasteiger partial charge in [-0.2, -0.15) is 0 Å². The molecule has 1 spiro atoms. The monoisotopic (exact) mass is 307 g/mol. The van der Waals surface area contributed by atoms with Gasteiger partial charge < -0.3 is 15.5 Å². The molecule has 0 heterocycles. The number of rotatable bonds is 3. The highest BCUT2D eigenvalue weighted by Crippen LogP contribution is 2.55. The molecule has 4 heteroatoms. The minimum absolute atomic E-state index is 0.186. The third kappa shape index (κ3) is 2.39. The van der Waals surface area contributed by atoms with Crippen LogP contribution in [0.4, 0.5) is 0 Å². The normalized spacial score (nSPS) is 43.3. The van der Waals surface area contributed by atoms with Gasteiger partial charge in [-0.1, -0.05) is 19.3 Å². The van der Waals surface area contributed by atoms with Gasteiger partial charge in [-0.3, -0.25) is 4.79 Å². The Kier molecular flexibility index (Phi) is 3.73. The summed E-state index contributed by atoms with van der Waals surface area (Å²) in [7, 11) is 0. The van der Waals surface area contributed by atoms with Crippen LogP contribution in [0.15, 0.2) is 0 Å².